The van der Waals surface area contributed by atoms with E-state index in [-0.39, 0.29) is 5.95 Å². The molecule has 13 nitrogen and oxygen atoms in total. The number of H-pyrrole nitrogens is 1. The number of anilines is 3. The summed E-state index contributed by atoms with van der Waals surface area (Å²) in [7, 11) is 0. The number of nitrogens with zero attached hydrogens (tertiary/aromatic N) is 3. The first-order chi connectivity index (χ1) is 17.4. The van der Waals surface area contributed by atoms with Crippen LogP contribution in [-0.2, 0) is 20.9 Å². The Morgan fingerprint density at radius 1 is 0.973 bits per heavy atom. The second-order valence-corrected chi connectivity index (χ2v) is 7.24. The fourth-order valence-electron chi connectivity index (χ4n) is 2.81. The molecule has 0 aliphatic heterocycles. The summed E-state index contributed by atoms with van der Waals surface area (Å²) in [6.07, 6.45) is 3.41. The zero-order chi connectivity index (χ0) is 28.0. The number of carbonyl (C=O) groups is 3. The first kappa shape index (κ1) is 30.0. The minimum Gasteiger partial charge on any atom is -0.481 e. The molecule has 2 aromatic carbocycles. The first-order valence-corrected chi connectivity index (χ1v) is 10.6. The van der Waals surface area contributed by atoms with Crippen LogP contribution < -0.4 is 16.8 Å². The number of aliphatic carboxylic acids is 3. The molecule has 0 spiro atoms. The van der Waals surface area contributed by atoms with Crippen LogP contribution in [-0.4, -0.2) is 53.4 Å². The van der Waals surface area contributed by atoms with E-state index < -0.39 is 17.9 Å². The summed E-state index contributed by atoms with van der Waals surface area (Å²) in [5.74, 6) is -1.64. The van der Waals surface area contributed by atoms with Crippen molar-refractivity contribution in [3.63, 3.8) is 0 Å². The van der Waals surface area contributed by atoms with E-state index in [1.165, 1.54) is 0 Å². The second kappa shape index (κ2) is 15.1. The Bertz CT molecular complexity index is 1300. The Hall–Kier alpha value is -5.04. The highest BCUT2D eigenvalue weighted by atomic mass is 16.4. The van der Waals surface area contributed by atoms with Gasteiger partial charge < -0.3 is 32.1 Å². The molecule has 0 unspecified atom stereocenters. The van der Waals surface area contributed by atoms with Crippen molar-refractivity contribution in [2.75, 3.05) is 11.1 Å². The van der Waals surface area contributed by atoms with E-state index in [1.807, 2.05) is 18.2 Å². The maximum Gasteiger partial charge on any atom is 0.300 e. The van der Waals surface area contributed by atoms with Gasteiger partial charge in [0.15, 0.2) is 0 Å². The number of benzene rings is 2. The monoisotopic (exact) mass is 511 g/mol. The van der Waals surface area contributed by atoms with Crippen molar-refractivity contribution in [1.29, 1.82) is 0 Å². The van der Waals surface area contributed by atoms with Crippen LogP contribution in [0.3, 0.4) is 0 Å². The topological polar surface area (TPSA) is 230 Å². The van der Waals surface area contributed by atoms with Crippen molar-refractivity contribution >= 4 is 46.3 Å². The Morgan fingerprint density at radius 3 is 2.16 bits per heavy atom. The minimum absolute atomic E-state index is 0.227. The highest BCUT2D eigenvalue weighted by Crippen LogP contribution is 2.32. The van der Waals surface area contributed by atoms with Gasteiger partial charge in [0.2, 0.25) is 5.95 Å². The predicted octanol–water partition coefficient (Wildman–Crippen LogP) is 3.08. The molecule has 0 saturated heterocycles. The summed E-state index contributed by atoms with van der Waals surface area (Å²) in [6, 6.07) is 14.0. The number of nitrogens with two attached hydrogens (primary N) is 2. The molecular formula is C24H29N7O6. The van der Waals surface area contributed by atoms with Crippen molar-refractivity contribution < 1.29 is 29.7 Å². The lowest BCUT2D eigenvalue weighted by atomic mass is 10.00. The molecule has 37 heavy (non-hydrogen) atoms. The molecule has 0 bridgehead atoms. The molecule has 0 amide bonds. The fourth-order valence-corrected chi connectivity index (χ4v) is 2.81. The van der Waals surface area contributed by atoms with Gasteiger partial charge in [-0.1, -0.05) is 18.2 Å². The standard InChI is InChI=1S/C18H17N7.3C2H4O2/c19-9-11-2-1-3-12(6-11)15-8-14(7-13-10-22-25-17(13)15)23-16-4-5-21-18(20)24-16;3*1-2(3)4/h1-8,10H,9,19H2,(H,22,25)(H3,20,21,23,24);3*1H3,(H,3,4). The fraction of sp³-hybridized carbons (Fsp3) is 0.167. The number of nitrogen functional groups attached to an aromatic ring is 1. The molecule has 0 aliphatic rings. The van der Waals surface area contributed by atoms with Crippen molar-refractivity contribution in [2.24, 2.45) is 5.73 Å². The first-order valence-electron chi connectivity index (χ1n) is 10.6. The number of aromatic amines is 1. The van der Waals surface area contributed by atoms with E-state index in [2.05, 4.69) is 43.7 Å². The lowest BCUT2D eigenvalue weighted by Crippen LogP contribution is -1.99. The zero-order valence-corrected chi connectivity index (χ0v) is 20.5. The number of hydrogen-bond donors (Lipinski definition) is 7. The van der Waals surface area contributed by atoms with Crippen LogP contribution >= 0.6 is 0 Å². The minimum atomic E-state index is -0.833. The third kappa shape index (κ3) is 11.8. The van der Waals surface area contributed by atoms with Crippen LogP contribution in [0.5, 0.6) is 0 Å². The van der Waals surface area contributed by atoms with Crippen LogP contribution in [0.1, 0.15) is 26.3 Å². The van der Waals surface area contributed by atoms with Crippen LogP contribution in [0.2, 0.25) is 0 Å². The molecule has 9 N–H and O–H groups in total. The number of fused-ring (bicyclic) bond motifs is 1. The third-order valence-corrected chi connectivity index (χ3v) is 3.97. The van der Waals surface area contributed by atoms with Gasteiger partial charge in [-0.2, -0.15) is 10.1 Å². The molecular weight excluding hydrogens is 482 g/mol. The van der Waals surface area contributed by atoms with Gasteiger partial charge in [0.05, 0.1) is 11.7 Å². The average molecular weight is 512 g/mol. The van der Waals surface area contributed by atoms with E-state index in [1.54, 1.807) is 18.5 Å². The Labute approximate surface area is 212 Å². The summed E-state index contributed by atoms with van der Waals surface area (Å²) < 4.78 is 0. The predicted molar refractivity (Wildman–Crippen MR) is 139 cm³/mol. The van der Waals surface area contributed by atoms with Crippen LogP contribution in [0.4, 0.5) is 17.5 Å². The number of carboxylic acids is 3. The third-order valence-electron chi connectivity index (χ3n) is 3.97. The Balaban J connectivity index is 0.000000482. The smallest absolute Gasteiger partial charge is 0.300 e. The lowest BCUT2D eigenvalue weighted by molar-refractivity contribution is -0.135. The van der Waals surface area contributed by atoms with Gasteiger partial charge in [-0.15, -0.1) is 0 Å². The van der Waals surface area contributed by atoms with Crippen molar-refractivity contribution in [2.45, 2.75) is 27.3 Å². The van der Waals surface area contributed by atoms with Gasteiger partial charge in [0.25, 0.3) is 17.9 Å². The lowest BCUT2D eigenvalue weighted by Gasteiger charge is -2.10. The van der Waals surface area contributed by atoms with Gasteiger partial charge in [0, 0.05) is 50.1 Å². The molecule has 0 fully saturated rings. The molecule has 13 heteroatoms. The van der Waals surface area contributed by atoms with Gasteiger partial charge in [-0.3, -0.25) is 19.5 Å². The van der Waals surface area contributed by atoms with E-state index in [4.69, 9.17) is 41.2 Å². The Kier molecular flexibility index (Phi) is 12.2. The maximum atomic E-state index is 9.00. The SMILES string of the molecule is CC(=O)O.CC(=O)O.CC(=O)O.NCc1cccc(-c2cc(Nc3ccnc(N)n3)cc3cn[nH]c23)c1. The highest BCUT2D eigenvalue weighted by molar-refractivity contribution is 5.96. The van der Waals surface area contributed by atoms with Crippen molar-refractivity contribution in [1.82, 2.24) is 20.2 Å². The number of nitrogens with one attached hydrogen (secondary N) is 2. The van der Waals surface area contributed by atoms with Gasteiger partial charge in [-0.05, 0) is 35.4 Å². The Morgan fingerprint density at radius 2 is 1.59 bits per heavy atom. The molecule has 2 aromatic heterocycles. The second-order valence-electron chi connectivity index (χ2n) is 7.24. The quantitative estimate of drug-likeness (QED) is 0.209. The molecule has 0 saturated carbocycles. The maximum absolute atomic E-state index is 9.00. The zero-order valence-electron chi connectivity index (χ0n) is 20.5. The van der Waals surface area contributed by atoms with E-state index in [0.29, 0.717) is 12.4 Å². The van der Waals surface area contributed by atoms with E-state index >= 15 is 0 Å². The molecule has 0 atom stereocenters. The van der Waals surface area contributed by atoms with Gasteiger partial charge in [-0.25, -0.2) is 4.98 Å². The molecule has 2 heterocycles. The van der Waals surface area contributed by atoms with Crippen molar-refractivity contribution in [3.05, 3.63) is 60.4 Å². The highest BCUT2D eigenvalue weighted by Gasteiger charge is 2.10. The molecule has 196 valence electrons. The summed E-state index contributed by atoms with van der Waals surface area (Å²) in [4.78, 5) is 35.1. The van der Waals surface area contributed by atoms with Gasteiger partial charge >= 0.3 is 0 Å². The number of rotatable bonds is 4. The molecule has 4 rings (SSSR count). The van der Waals surface area contributed by atoms with Gasteiger partial charge in [0.1, 0.15) is 5.82 Å². The van der Waals surface area contributed by atoms with E-state index in [0.717, 1.165) is 54.1 Å². The average Bonchev–Trinajstić information content (AvgIpc) is 3.26. The van der Waals surface area contributed by atoms with Crippen molar-refractivity contribution in [3.8, 4) is 11.1 Å². The van der Waals surface area contributed by atoms with E-state index in [9.17, 15) is 0 Å². The summed E-state index contributed by atoms with van der Waals surface area (Å²) >= 11 is 0. The molecule has 4 aromatic rings. The number of carboxylic acid groups (broad SMARTS) is 3. The van der Waals surface area contributed by atoms with Crippen LogP contribution in [0.15, 0.2) is 54.9 Å². The van der Waals surface area contributed by atoms with Crippen LogP contribution in [0.25, 0.3) is 22.0 Å². The molecule has 0 radical (unpaired) electrons. The summed E-state index contributed by atoms with van der Waals surface area (Å²) in [5.41, 5.74) is 16.5. The number of aromatic nitrogens is 4. The summed E-state index contributed by atoms with van der Waals surface area (Å²) in [6.45, 7) is 3.75. The summed E-state index contributed by atoms with van der Waals surface area (Å²) in [5, 5.41) is 33.8. The normalized spacial score (nSPS) is 9.41. The number of hydrogen-bond acceptors (Lipinski definition) is 9. The molecule has 0 aliphatic carbocycles. The largest absolute Gasteiger partial charge is 0.481 e. The van der Waals surface area contributed by atoms with Crippen LogP contribution in [0, 0.1) is 0 Å².